The van der Waals surface area contributed by atoms with Crippen LogP contribution in [0.25, 0.3) is 0 Å². The predicted molar refractivity (Wildman–Crippen MR) is 48.2 cm³/mol. The first-order chi connectivity index (χ1) is 5.18. The molecule has 0 aliphatic carbocycles. The van der Waals surface area contributed by atoms with Crippen LogP contribution in [-0.4, -0.2) is 0 Å². The van der Waals surface area contributed by atoms with E-state index in [1.807, 2.05) is 6.07 Å². The number of rotatable bonds is 2. The van der Waals surface area contributed by atoms with Crippen molar-refractivity contribution in [2.24, 2.45) is 5.73 Å². The monoisotopic (exact) mass is 147 g/mol. The molecule has 58 valence electrons. The van der Waals surface area contributed by atoms with Crippen molar-refractivity contribution in [3.8, 4) is 0 Å². The molecule has 0 heterocycles. The van der Waals surface area contributed by atoms with E-state index in [0.717, 1.165) is 12.1 Å². The summed E-state index contributed by atoms with van der Waals surface area (Å²) >= 11 is 0. The van der Waals surface area contributed by atoms with Crippen LogP contribution in [0.2, 0.25) is 0 Å². The molecule has 0 saturated carbocycles. The summed E-state index contributed by atoms with van der Waals surface area (Å²) < 4.78 is 0. The molecule has 0 radical (unpaired) electrons. The van der Waals surface area contributed by atoms with Gasteiger partial charge in [-0.3, -0.25) is 0 Å². The number of hydrogen-bond acceptors (Lipinski definition) is 1. The first-order valence-corrected chi connectivity index (χ1v) is 3.67. The molecule has 0 amide bonds. The van der Waals surface area contributed by atoms with Crippen molar-refractivity contribution in [1.82, 2.24) is 0 Å². The summed E-state index contributed by atoms with van der Waals surface area (Å²) in [5, 5.41) is 0. The number of allylic oxidation sites excluding steroid dienone is 1. The summed E-state index contributed by atoms with van der Waals surface area (Å²) in [5.41, 5.74) is 8.70. The van der Waals surface area contributed by atoms with E-state index in [2.05, 4.69) is 31.7 Å². The molecule has 0 aliphatic heterocycles. The molecule has 0 aliphatic rings. The summed E-state index contributed by atoms with van der Waals surface area (Å²) in [6.45, 7) is 5.73. The third-order valence-electron chi connectivity index (χ3n) is 1.51. The van der Waals surface area contributed by atoms with E-state index in [1.54, 1.807) is 0 Å². The Balaban J connectivity index is 2.79. The second-order valence-electron chi connectivity index (χ2n) is 2.82. The minimum absolute atomic E-state index is 0.718. The fourth-order valence-electron chi connectivity index (χ4n) is 1.08. The maximum Gasteiger partial charge on any atom is 0.0115 e. The molecule has 11 heavy (non-hydrogen) atoms. The lowest BCUT2D eigenvalue weighted by atomic mass is 10.1. The highest BCUT2D eigenvalue weighted by molar-refractivity contribution is 5.24. The lowest BCUT2D eigenvalue weighted by Crippen LogP contribution is -1.98. The minimum atomic E-state index is 0.718. The van der Waals surface area contributed by atoms with Gasteiger partial charge in [0.1, 0.15) is 0 Å². The molecule has 1 nitrogen and oxygen atoms in total. The largest absolute Gasteiger partial charge is 0.402 e. The van der Waals surface area contributed by atoms with Crippen molar-refractivity contribution < 1.29 is 0 Å². The minimum Gasteiger partial charge on any atom is -0.402 e. The first-order valence-electron chi connectivity index (χ1n) is 3.67. The van der Waals surface area contributed by atoms with Crippen LogP contribution in [-0.2, 0) is 6.42 Å². The zero-order chi connectivity index (χ0) is 8.27. The van der Waals surface area contributed by atoms with Gasteiger partial charge >= 0.3 is 0 Å². The zero-order valence-electron chi connectivity index (χ0n) is 6.80. The molecule has 2 N–H and O–H groups in total. The maximum absolute atomic E-state index is 5.48. The summed E-state index contributed by atoms with van der Waals surface area (Å²) in [6, 6.07) is 8.29. The average Bonchev–Trinajstić information content (AvgIpc) is 1.85. The van der Waals surface area contributed by atoms with Gasteiger partial charge in [-0.05, 0) is 12.5 Å². The molecule has 1 rings (SSSR count). The SMILES string of the molecule is C=C(N)Cc1cccc(C)c1. The Bertz CT molecular complexity index is 263. The summed E-state index contributed by atoms with van der Waals surface area (Å²) in [5.74, 6) is 0. The molecule has 1 aromatic rings. The first kappa shape index (κ1) is 7.86. The van der Waals surface area contributed by atoms with E-state index in [0.29, 0.717) is 0 Å². The van der Waals surface area contributed by atoms with E-state index < -0.39 is 0 Å². The molecular formula is C10H13N. The summed E-state index contributed by atoms with van der Waals surface area (Å²) in [6.07, 6.45) is 0.779. The van der Waals surface area contributed by atoms with Crippen LogP contribution in [0.1, 0.15) is 11.1 Å². The van der Waals surface area contributed by atoms with Gasteiger partial charge in [0, 0.05) is 12.1 Å². The molecule has 0 aromatic heterocycles. The number of aryl methyl sites for hydroxylation is 1. The number of benzene rings is 1. The van der Waals surface area contributed by atoms with E-state index >= 15 is 0 Å². The third kappa shape index (κ3) is 2.46. The van der Waals surface area contributed by atoms with Crippen molar-refractivity contribution in [3.63, 3.8) is 0 Å². The van der Waals surface area contributed by atoms with Crippen molar-refractivity contribution in [1.29, 1.82) is 0 Å². The quantitative estimate of drug-likeness (QED) is 0.680. The van der Waals surface area contributed by atoms with Crippen LogP contribution in [0.4, 0.5) is 0 Å². The highest BCUT2D eigenvalue weighted by Gasteiger charge is 1.92. The van der Waals surface area contributed by atoms with Crippen LogP contribution in [0, 0.1) is 6.92 Å². The Morgan fingerprint density at radius 2 is 2.27 bits per heavy atom. The summed E-state index contributed by atoms with van der Waals surface area (Å²) in [7, 11) is 0. The molecular weight excluding hydrogens is 134 g/mol. The third-order valence-corrected chi connectivity index (χ3v) is 1.51. The van der Waals surface area contributed by atoms with Crippen LogP contribution >= 0.6 is 0 Å². The van der Waals surface area contributed by atoms with Crippen LogP contribution in [0.5, 0.6) is 0 Å². The van der Waals surface area contributed by atoms with Crippen LogP contribution < -0.4 is 5.73 Å². The molecule has 0 unspecified atom stereocenters. The second-order valence-corrected chi connectivity index (χ2v) is 2.82. The van der Waals surface area contributed by atoms with Crippen molar-refractivity contribution >= 4 is 0 Å². The van der Waals surface area contributed by atoms with Gasteiger partial charge in [-0.1, -0.05) is 36.4 Å². The molecule has 0 atom stereocenters. The Morgan fingerprint density at radius 3 is 2.82 bits per heavy atom. The fraction of sp³-hybridized carbons (Fsp3) is 0.200. The van der Waals surface area contributed by atoms with E-state index in [-0.39, 0.29) is 0 Å². The van der Waals surface area contributed by atoms with E-state index in [1.165, 1.54) is 11.1 Å². The zero-order valence-corrected chi connectivity index (χ0v) is 6.80. The van der Waals surface area contributed by atoms with Gasteiger partial charge in [0.2, 0.25) is 0 Å². The van der Waals surface area contributed by atoms with Crippen LogP contribution in [0.15, 0.2) is 36.5 Å². The Labute approximate surface area is 67.5 Å². The maximum atomic E-state index is 5.48. The molecule has 0 fully saturated rings. The smallest absolute Gasteiger partial charge is 0.0115 e. The predicted octanol–water partition coefficient (Wildman–Crippen LogP) is 2.01. The molecule has 0 saturated heterocycles. The number of nitrogens with two attached hydrogens (primary N) is 1. The van der Waals surface area contributed by atoms with Gasteiger partial charge in [-0.15, -0.1) is 0 Å². The Morgan fingerprint density at radius 1 is 1.55 bits per heavy atom. The standard InChI is InChI=1S/C10H13N/c1-8-4-3-5-10(6-8)7-9(2)11/h3-6H,2,7,11H2,1H3. The van der Waals surface area contributed by atoms with Gasteiger partial charge < -0.3 is 5.73 Å². The van der Waals surface area contributed by atoms with Gasteiger partial charge in [-0.2, -0.15) is 0 Å². The van der Waals surface area contributed by atoms with Gasteiger partial charge in [0.05, 0.1) is 0 Å². The average molecular weight is 147 g/mol. The fourth-order valence-corrected chi connectivity index (χ4v) is 1.08. The number of hydrogen-bond donors (Lipinski definition) is 1. The highest BCUT2D eigenvalue weighted by atomic mass is 14.6. The van der Waals surface area contributed by atoms with Gasteiger partial charge in [0.25, 0.3) is 0 Å². The van der Waals surface area contributed by atoms with Gasteiger partial charge in [-0.25, -0.2) is 0 Å². The lowest BCUT2D eigenvalue weighted by Gasteiger charge is -2.00. The Hall–Kier alpha value is -1.24. The highest BCUT2D eigenvalue weighted by Crippen LogP contribution is 2.06. The van der Waals surface area contributed by atoms with Crippen LogP contribution in [0.3, 0.4) is 0 Å². The van der Waals surface area contributed by atoms with Crippen molar-refractivity contribution in [3.05, 3.63) is 47.7 Å². The Kier molecular flexibility index (Phi) is 2.32. The molecule has 1 aromatic carbocycles. The second kappa shape index (κ2) is 3.24. The lowest BCUT2D eigenvalue weighted by molar-refractivity contribution is 1.11. The van der Waals surface area contributed by atoms with Crippen molar-refractivity contribution in [2.75, 3.05) is 0 Å². The molecule has 0 spiro atoms. The normalized spacial score (nSPS) is 9.55. The molecule has 0 bridgehead atoms. The van der Waals surface area contributed by atoms with Gasteiger partial charge in [0.15, 0.2) is 0 Å². The van der Waals surface area contributed by atoms with E-state index in [4.69, 9.17) is 5.73 Å². The summed E-state index contributed by atoms with van der Waals surface area (Å²) in [4.78, 5) is 0. The van der Waals surface area contributed by atoms with Crippen molar-refractivity contribution in [2.45, 2.75) is 13.3 Å². The topological polar surface area (TPSA) is 26.0 Å². The van der Waals surface area contributed by atoms with E-state index in [9.17, 15) is 0 Å². The molecule has 1 heteroatoms.